The molecule has 1 aliphatic heterocycles. The van der Waals surface area contributed by atoms with E-state index in [-0.39, 0.29) is 24.2 Å². The molecule has 0 saturated carbocycles. The number of amides is 1. The van der Waals surface area contributed by atoms with Crippen LogP contribution in [0, 0.1) is 6.92 Å². The summed E-state index contributed by atoms with van der Waals surface area (Å²) in [5.74, 6) is 0.0374. The van der Waals surface area contributed by atoms with Crippen LogP contribution in [0.15, 0.2) is 48.5 Å². The van der Waals surface area contributed by atoms with Crippen LogP contribution in [0.25, 0.3) is 11.1 Å². The van der Waals surface area contributed by atoms with Crippen LogP contribution < -0.4 is 5.32 Å². The summed E-state index contributed by atoms with van der Waals surface area (Å²) in [5.41, 5.74) is 4.95. The lowest BCUT2D eigenvalue weighted by Crippen LogP contribution is -2.42. The van der Waals surface area contributed by atoms with Crippen molar-refractivity contribution in [3.05, 3.63) is 59.7 Å². The van der Waals surface area contributed by atoms with Gasteiger partial charge >= 0.3 is 0 Å². The van der Waals surface area contributed by atoms with Crippen molar-refractivity contribution >= 4 is 5.91 Å². The van der Waals surface area contributed by atoms with E-state index in [1.807, 2.05) is 0 Å². The number of carbonyl (C=O) groups is 1. The van der Waals surface area contributed by atoms with Gasteiger partial charge in [0.2, 0.25) is 5.91 Å². The molecule has 132 valence electrons. The van der Waals surface area contributed by atoms with E-state index in [1.165, 1.54) is 22.3 Å². The van der Waals surface area contributed by atoms with Crippen molar-refractivity contribution in [3.8, 4) is 11.1 Å². The van der Waals surface area contributed by atoms with Gasteiger partial charge in [0, 0.05) is 13.0 Å². The number of benzene rings is 2. The minimum absolute atomic E-state index is 0.0374. The molecule has 0 aliphatic carbocycles. The Bertz CT molecular complexity index is 723. The first-order valence-corrected chi connectivity index (χ1v) is 9.15. The lowest BCUT2D eigenvalue weighted by Gasteiger charge is -2.35. The average molecular weight is 337 g/mol. The number of hydrogen-bond donors (Lipinski definition) is 1. The van der Waals surface area contributed by atoms with Crippen molar-refractivity contribution in [2.24, 2.45) is 0 Å². The van der Waals surface area contributed by atoms with E-state index in [9.17, 15) is 4.79 Å². The molecule has 1 aliphatic rings. The number of nitrogens with one attached hydrogen (secondary N) is 1. The predicted molar refractivity (Wildman–Crippen MR) is 101 cm³/mol. The Hall–Kier alpha value is -2.13. The van der Waals surface area contributed by atoms with E-state index in [0.717, 1.165) is 19.3 Å². The fraction of sp³-hybridized carbons (Fsp3) is 0.409. The van der Waals surface area contributed by atoms with Crippen LogP contribution in [-0.4, -0.2) is 18.1 Å². The summed E-state index contributed by atoms with van der Waals surface area (Å²) in [6.07, 6.45) is 2.94. The second-order valence-electron chi connectivity index (χ2n) is 6.96. The second kappa shape index (κ2) is 7.83. The van der Waals surface area contributed by atoms with Gasteiger partial charge in [-0.05, 0) is 48.4 Å². The third-order valence-corrected chi connectivity index (χ3v) is 5.00. The van der Waals surface area contributed by atoms with E-state index in [2.05, 4.69) is 67.7 Å². The number of rotatable bonds is 4. The Labute approximate surface area is 150 Å². The monoisotopic (exact) mass is 337 g/mol. The molecule has 0 radical (unpaired) electrons. The van der Waals surface area contributed by atoms with Crippen molar-refractivity contribution in [1.82, 2.24) is 5.32 Å². The third-order valence-electron chi connectivity index (χ3n) is 5.00. The molecular weight excluding hydrogens is 310 g/mol. The molecule has 25 heavy (non-hydrogen) atoms. The van der Waals surface area contributed by atoms with Crippen molar-refractivity contribution in [2.45, 2.75) is 58.3 Å². The van der Waals surface area contributed by atoms with E-state index in [1.54, 1.807) is 6.92 Å². The minimum atomic E-state index is 0.0374. The molecule has 3 atom stereocenters. The SMILES string of the molecule is CC[C@@H]1C[C@H](NC(C)=O)C[C@H](c2ccc(-c3ccccc3C)cc2)O1. The van der Waals surface area contributed by atoms with Gasteiger partial charge in [0.05, 0.1) is 12.2 Å². The molecule has 0 bridgehead atoms. The molecular formula is C22H27NO2. The summed E-state index contributed by atoms with van der Waals surface area (Å²) in [6.45, 7) is 5.86. The summed E-state index contributed by atoms with van der Waals surface area (Å²) >= 11 is 0. The predicted octanol–water partition coefficient (Wildman–Crippen LogP) is 4.80. The molecule has 2 aromatic carbocycles. The molecule has 1 amide bonds. The molecule has 1 N–H and O–H groups in total. The highest BCUT2D eigenvalue weighted by atomic mass is 16.5. The van der Waals surface area contributed by atoms with Crippen LogP contribution in [0.3, 0.4) is 0 Å². The van der Waals surface area contributed by atoms with Crippen molar-refractivity contribution in [2.75, 3.05) is 0 Å². The van der Waals surface area contributed by atoms with Gasteiger partial charge < -0.3 is 10.1 Å². The number of hydrogen-bond acceptors (Lipinski definition) is 2. The maximum absolute atomic E-state index is 11.4. The standard InChI is InChI=1S/C22H27NO2/c1-4-20-13-19(23-16(3)24)14-22(25-20)18-11-9-17(10-12-18)21-8-6-5-7-15(21)2/h5-12,19-20,22H,4,13-14H2,1-3H3,(H,23,24)/t19-,20+,22+/m0/s1. The van der Waals surface area contributed by atoms with Gasteiger partial charge in [-0.25, -0.2) is 0 Å². The van der Waals surface area contributed by atoms with Gasteiger partial charge in [0.1, 0.15) is 0 Å². The highest BCUT2D eigenvalue weighted by Crippen LogP contribution is 2.34. The zero-order chi connectivity index (χ0) is 17.8. The molecule has 0 spiro atoms. The highest BCUT2D eigenvalue weighted by Gasteiger charge is 2.30. The Kier molecular flexibility index (Phi) is 5.54. The minimum Gasteiger partial charge on any atom is -0.370 e. The molecule has 2 aromatic rings. The summed E-state index contributed by atoms with van der Waals surface area (Å²) in [4.78, 5) is 11.4. The molecule has 3 heteroatoms. The van der Waals surface area contributed by atoms with Gasteiger partial charge in [-0.3, -0.25) is 4.79 Å². The van der Waals surface area contributed by atoms with E-state index in [0.29, 0.717) is 0 Å². The molecule has 1 fully saturated rings. The quantitative estimate of drug-likeness (QED) is 0.870. The van der Waals surface area contributed by atoms with Gasteiger partial charge in [0.25, 0.3) is 0 Å². The number of carbonyl (C=O) groups excluding carboxylic acids is 1. The van der Waals surface area contributed by atoms with Crippen molar-refractivity contribution in [1.29, 1.82) is 0 Å². The summed E-state index contributed by atoms with van der Waals surface area (Å²) < 4.78 is 6.25. The maximum Gasteiger partial charge on any atom is 0.217 e. The Balaban J connectivity index is 1.78. The smallest absolute Gasteiger partial charge is 0.217 e. The van der Waals surface area contributed by atoms with Gasteiger partial charge in [-0.1, -0.05) is 55.5 Å². The fourth-order valence-electron chi connectivity index (χ4n) is 3.67. The molecule has 0 aromatic heterocycles. The van der Waals surface area contributed by atoms with Gasteiger partial charge in [0.15, 0.2) is 0 Å². The van der Waals surface area contributed by atoms with Crippen LogP contribution in [-0.2, 0) is 9.53 Å². The van der Waals surface area contributed by atoms with Crippen molar-refractivity contribution < 1.29 is 9.53 Å². The van der Waals surface area contributed by atoms with E-state index < -0.39 is 0 Å². The molecule has 1 heterocycles. The second-order valence-corrected chi connectivity index (χ2v) is 6.96. The largest absolute Gasteiger partial charge is 0.370 e. The number of aryl methyl sites for hydroxylation is 1. The fourth-order valence-corrected chi connectivity index (χ4v) is 3.67. The molecule has 3 rings (SSSR count). The van der Waals surface area contributed by atoms with Gasteiger partial charge in [-0.15, -0.1) is 0 Å². The summed E-state index contributed by atoms with van der Waals surface area (Å²) in [7, 11) is 0. The van der Waals surface area contributed by atoms with Crippen LogP contribution in [0.1, 0.15) is 50.3 Å². The van der Waals surface area contributed by atoms with Crippen LogP contribution in [0.5, 0.6) is 0 Å². The molecule has 3 nitrogen and oxygen atoms in total. The van der Waals surface area contributed by atoms with E-state index in [4.69, 9.17) is 4.74 Å². The van der Waals surface area contributed by atoms with Crippen molar-refractivity contribution in [3.63, 3.8) is 0 Å². The first kappa shape index (κ1) is 17.7. The van der Waals surface area contributed by atoms with E-state index >= 15 is 0 Å². The Morgan fingerprint density at radius 1 is 1.12 bits per heavy atom. The first-order chi connectivity index (χ1) is 12.1. The van der Waals surface area contributed by atoms with Gasteiger partial charge in [-0.2, -0.15) is 0 Å². The zero-order valence-corrected chi connectivity index (χ0v) is 15.3. The Morgan fingerprint density at radius 3 is 2.48 bits per heavy atom. The summed E-state index contributed by atoms with van der Waals surface area (Å²) in [5, 5.41) is 3.07. The van der Waals surface area contributed by atoms with Crippen LogP contribution >= 0.6 is 0 Å². The van der Waals surface area contributed by atoms with Crippen LogP contribution in [0.2, 0.25) is 0 Å². The van der Waals surface area contributed by atoms with Crippen LogP contribution in [0.4, 0.5) is 0 Å². The lowest BCUT2D eigenvalue weighted by molar-refractivity contribution is -0.122. The highest BCUT2D eigenvalue weighted by molar-refractivity contribution is 5.73. The lowest BCUT2D eigenvalue weighted by atomic mass is 9.92. The topological polar surface area (TPSA) is 38.3 Å². The zero-order valence-electron chi connectivity index (χ0n) is 15.3. The first-order valence-electron chi connectivity index (χ1n) is 9.15. The molecule has 1 saturated heterocycles. The Morgan fingerprint density at radius 2 is 1.84 bits per heavy atom. The average Bonchev–Trinajstić information content (AvgIpc) is 2.61. The summed E-state index contributed by atoms with van der Waals surface area (Å²) in [6, 6.07) is 17.3. The third kappa shape index (κ3) is 4.29. The normalized spacial score (nSPS) is 23.2. The number of ether oxygens (including phenoxy) is 1. The maximum atomic E-state index is 11.4. The molecule has 0 unspecified atom stereocenters.